The van der Waals surface area contributed by atoms with Crippen LogP contribution in [0.3, 0.4) is 0 Å². The van der Waals surface area contributed by atoms with E-state index in [0.717, 1.165) is 29.7 Å². The average molecular weight is 548 g/mol. The Kier molecular flexibility index (Phi) is 11.8. The van der Waals surface area contributed by atoms with Crippen molar-refractivity contribution < 1.29 is 36.6 Å². The molecule has 0 aliphatic heterocycles. The highest BCUT2D eigenvalue weighted by Crippen LogP contribution is 2.23. The van der Waals surface area contributed by atoms with Gasteiger partial charge < -0.3 is 25.9 Å². The SMILES string of the molecule is COCCNC(=O)c1nnc(CCC(F)CN=CC(=NN)C(=O)NCc2cccc(OC(F)(F)F)c2)s1. The van der Waals surface area contributed by atoms with E-state index in [1.54, 1.807) is 0 Å². The van der Waals surface area contributed by atoms with Gasteiger partial charge in [-0.05, 0) is 24.1 Å². The molecule has 0 saturated heterocycles. The first kappa shape index (κ1) is 29.6. The molecular formula is C21H25F4N7O4S. The maximum absolute atomic E-state index is 14.2. The van der Waals surface area contributed by atoms with Gasteiger partial charge in [-0.15, -0.1) is 23.4 Å². The van der Waals surface area contributed by atoms with Crippen LogP contribution >= 0.6 is 11.3 Å². The fourth-order valence-corrected chi connectivity index (χ4v) is 3.46. The molecule has 2 amide bonds. The Hall–Kier alpha value is -3.66. The lowest BCUT2D eigenvalue weighted by atomic mass is 10.2. The van der Waals surface area contributed by atoms with Crippen molar-refractivity contribution in [1.29, 1.82) is 0 Å². The van der Waals surface area contributed by atoms with Crippen LogP contribution in [0, 0.1) is 0 Å². The molecule has 0 spiro atoms. The zero-order valence-electron chi connectivity index (χ0n) is 19.6. The molecule has 2 rings (SSSR count). The van der Waals surface area contributed by atoms with E-state index in [0.29, 0.717) is 23.7 Å². The lowest BCUT2D eigenvalue weighted by molar-refractivity contribution is -0.274. The normalized spacial score (nSPS) is 12.9. The number of benzene rings is 1. The quantitative estimate of drug-likeness (QED) is 0.107. The third-order valence-corrected chi connectivity index (χ3v) is 5.38. The summed E-state index contributed by atoms with van der Waals surface area (Å²) in [5, 5.41) is 16.6. The molecule has 0 radical (unpaired) electrons. The van der Waals surface area contributed by atoms with Gasteiger partial charge in [0.05, 0.1) is 19.4 Å². The summed E-state index contributed by atoms with van der Waals surface area (Å²) < 4.78 is 59.9. The van der Waals surface area contributed by atoms with Crippen LogP contribution in [0.15, 0.2) is 34.4 Å². The Morgan fingerprint density at radius 3 is 2.76 bits per heavy atom. The fourth-order valence-electron chi connectivity index (χ4n) is 2.69. The summed E-state index contributed by atoms with van der Waals surface area (Å²) >= 11 is 1.05. The summed E-state index contributed by atoms with van der Waals surface area (Å²) in [5.41, 5.74) is 0.0303. The summed E-state index contributed by atoms with van der Waals surface area (Å²) in [4.78, 5) is 28.0. The molecule has 2 aromatic rings. The second-order valence-electron chi connectivity index (χ2n) is 7.27. The number of alkyl halides is 4. The number of carbonyl (C=O) groups excluding carboxylic acids is 2. The van der Waals surface area contributed by atoms with Gasteiger partial charge in [0.1, 0.15) is 16.9 Å². The number of rotatable bonds is 14. The number of aliphatic imine (C=N–C) groups is 1. The zero-order chi connectivity index (χ0) is 27.3. The number of halogens is 4. The minimum absolute atomic E-state index is 0.0505. The minimum atomic E-state index is -4.84. The molecule has 1 aromatic heterocycles. The number of nitrogens with zero attached hydrogens (tertiary/aromatic N) is 4. The molecule has 1 heterocycles. The molecule has 0 fully saturated rings. The van der Waals surface area contributed by atoms with E-state index in [2.05, 4.69) is 35.7 Å². The van der Waals surface area contributed by atoms with E-state index >= 15 is 0 Å². The predicted octanol–water partition coefficient (Wildman–Crippen LogP) is 1.79. The van der Waals surface area contributed by atoms with Crippen LogP contribution < -0.4 is 21.2 Å². The first-order valence-corrected chi connectivity index (χ1v) is 11.6. The molecule has 16 heteroatoms. The maximum Gasteiger partial charge on any atom is 0.573 e. The van der Waals surface area contributed by atoms with Crippen molar-refractivity contribution in [3.8, 4) is 5.75 Å². The smallest absolute Gasteiger partial charge is 0.406 e. The van der Waals surface area contributed by atoms with Crippen LogP contribution in [-0.4, -0.2) is 73.3 Å². The summed E-state index contributed by atoms with van der Waals surface area (Å²) in [6.45, 7) is 0.256. The van der Waals surface area contributed by atoms with Crippen molar-refractivity contribution in [2.45, 2.75) is 31.9 Å². The van der Waals surface area contributed by atoms with E-state index in [4.69, 9.17) is 10.6 Å². The van der Waals surface area contributed by atoms with Gasteiger partial charge in [0.25, 0.3) is 11.8 Å². The molecule has 0 saturated carbocycles. The van der Waals surface area contributed by atoms with Gasteiger partial charge in [-0.25, -0.2) is 4.39 Å². The van der Waals surface area contributed by atoms with Gasteiger partial charge in [-0.2, -0.15) is 5.10 Å². The molecule has 0 aliphatic rings. The van der Waals surface area contributed by atoms with Crippen LogP contribution in [0.2, 0.25) is 0 Å². The molecule has 202 valence electrons. The number of methoxy groups -OCH3 is 1. The fraction of sp³-hybridized carbons (Fsp3) is 0.429. The number of nitrogens with one attached hydrogen (secondary N) is 2. The van der Waals surface area contributed by atoms with Crippen molar-refractivity contribution in [3.63, 3.8) is 0 Å². The molecule has 1 unspecified atom stereocenters. The maximum atomic E-state index is 14.2. The van der Waals surface area contributed by atoms with Gasteiger partial charge in [0.2, 0.25) is 5.01 Å². The van der Waals surface area contributed by atoms with Crippen molar-refractivity contribution in [2.24, 2.45) is 15.9 Å². The minimum Gasteiger partial charge on any atom is -0.406 e. The Morgan fingerprint density at radius 2 is 2.05 bits per heavy atom. The largest absolute Gasteiger partial charge is 0.573 e. The predicted molar refractivity (Wildman–Crippen MR) is 127 cm³/mol. The molecule has 0 aliphatic carbocycles. The van der Waals surface area contributed by atoms with Crippen molar-refractivity contribution in [1.82, 2.24) is 20.8 Å². The topological polar surface area (TPSA) is 153 Å². The van der Waals surface area contributed by atoms with Crippen molar-refractivity contribution in [3.05, 3.63) is 39.8 Å². The van der Waals surface area contributed by atoms with E-state index in [1.807, 2.05) is 0 Å². The van der Waals surface area contributed by atoms with Gasteiger partial charge in [-0.3, -0.25) is 14.6 Å². The number of carbonyl (C=O) groups is 2. The second-order valence-corrected chi connectivity index (χ2v) is 8.33. The number of hydrazone groups is 1. The number of hydrogen-bond donors (Lipinski definition) is 3. The number of hydrogen-bond acceptors (Lipinski definition) is 10. The third kappa shape index (κ3) is 11.3. The summed E-state index contributed by atoms with van der Waals surface area (Å²) in [6, 6.07) is 5.06. The standard InChI is InChI=1S/C21H25F4N7O4S/c1-35-8-7-28-19(34)20-32-31-17(37-20)6-5-14(22)11-27-12-16(30-26)18(33)29-10-13-3-2-4-15(9-13)36-21(23,24)25/h2-4,9,12,14H,5-8,10-11,26H2,1H3,(H,28,34)(H,29,33). The highest BCUT2D eigenvalue weighted by atomic mass is 32.1. The monoisotopic (exact) mass is 547 g/mol. The lowest BCUT2D eigenvalue weighted by Crippen LogP contribution is -2.32. The van der Waals surface area contributed by atoms with Crippen LogP contribution in [0.5, 0.6) is 5.75 Å². The van der Waals surface area contributed by atoms with Crippen LogP contribution in [0.25, 0.3) is 0 Å². The molecule has 4 N–H and O–H groups in total. The highest BCUT2D eigenvalue weighted by molar-refractivity contribution is 7.13. The Balaban J connectivity index is 1.77. The lowest BCUT2D eigenvalue weighted by Gasteiger charge is -2.10. The van der Waals surface area contributed by atoms with Crippen LogP contribution in [0.1, 0.15) is 26.8 Å². The van der Waals surface area contributed by atoms with Gasteiger partial charge >= 0.3 is 6.36 Å². The van der Waals surface area contributed by atoms with Crippen molar-refractivity contribution >= 4 is 35.1 Å². The second kappa shape index (κ2) is 14.8. The van der Waals surface area contributed by atoms with Crippen LogP contribution in [0.4, 0.5) is 17.6 Å². The Morgan fingerprint density at radius 1 is 1.27 bits per heavy atom. The van der Waals surface area contributed by atoms with Gasteiger partial charge in [-0.1, -0.05) is 23.5 Å². The Labute approximate surface area is 213 Å². The van der Waals surface area contributed by atoms with Crippen molar-refractivity contribution in [2.75, 3.05) is 26.8 Å². The summed E-state index contributed by atoms with van der Waals surface area (Å²) in [6.07, 6.45) is -4.94. The molecule has 0 bridgehead atoms. The first-order chi connectivity index (χ1) is 17.6. The van der Waals surface area contributed by atoms with E-state index < -0.39 is 30.1 Å². The molecule has 1 aromatic carbocycles. The Bertz CT molecular complexity index is 1090. The third-order valence-electron chi connectivity index (χ3n) is 4.40. The highest BCUT2D eigenvalue weighted by Gasteiger charge is 2.31. The number of amides is 2. The summed E-state index contributed by atoms with van der Waals surface area (Å²) in [7, 11) is 1.51. The van der Waals surface area contributed by atoms with Gasteiger partial charge in [0.15, 0.2) is 5.71 Å². The zero-order valence-corrected chi connectivity index (χ0v) is 20.4. The molecule has 1 atom stereocenters. The van der Waals surface area contributed by atoms with E-state index in [-0.39, 0.29) is 36.7 Å². The van der Waals surface area contributed by atoms with Gasteiger partial charge in [0, 0.05) is 26.6 Å². The average Bonchev–Trinajstić information content (AvgIpc) is 3.32. The number of aromatic nitrogens is 2. The number of aryl methyl sites for hydroxylation is 1. The summed E-state index contributed by atoms with van der Waals surface area (Å²) in [5.74, 6) is 3.62. The van der Waals surface area contributed by atoms with Crippen LogP contribution in [-0.2, 0) is 22.5 Å². The number of ether oxygens (including phenoxy) is 2. The molecule has 37 heavy (non-hydrogen) atoms. The van der Waals surface area contributed by atoms with E-state index in [1.165, 1.54) is 19.2 Å². The number of nitrogens with two attached hydrogens (primary N) is 1. The molecular weight excluding hydrogens is 522 g/mol. The van der Waals surface area contributed by atoms with E-state index in [9.17, 15) is 27.2 Å². The molecule has 11 nitrogen and oxygen atoms in total. The first-order valence-electron chi connectivity index (χ1n) is 10.8.